The van der Waals surface area contributed by atoms with Gasteiger partial charge in [0.25, 0.3) is 5.91 Å². The molecule has 4 heteroatoms. The van der Waals surface area contributed by atoms with Crippen LogP contribution in [0.2, 0.25) is 5.02 Å². The molecule has 1 amide bonds. The van der Waals surface area contributed by atoms with Gasteiger partial charge in [-0.05, 0) is 42.5 Å². The van der Waals surface area contributed by atoms with E-state index >= 15 is 0 Å². The summed E-state index contributed by atoms with van der Waals surface area (Å²) >= 11 is 5.84. The number of amides is 1. The minimum Gasteiger partial charge on any atom is -0.345 e. The van der Waals surface area contributed by atoms with Gasteiger partial charge in [-0.3, -0.25) is 4.79 Å². The van der Waals surface area contributed by atoms with Gasteiger partial charge in [0.05, 0.1) is 11.6 Å². The van der Waals surface area contributed by atoms with E-state index in [1.54, 1.807) is 0 Å². The molecule has 2 aromatic rings. The molecule has 1 fully saturated rings. The van der Waals surface area contributed by atoms with Crippen molar-refractivity contribution in [3.8, 4) is 0 Å². The van der Waals surface area contributed by atoms with Gasteiger partial charge in [0.15, 0.2) is 0 Å². The van der Waals surface area contributed by atoms with Crippen molar-refractivity contribution in [3.63, 3.8) is 0 Å². The van der Waals surface area contributed by atoms with Gasteiger partial charge in [-0.2, -0.15) is 0 Å². The highest BCUT2D eigenvalue weighted by atomic mass is 35.5. The van der Waals surface area contributed by atoms with E-state index in [1.807, 2.05) is 30.3 Å². The molecule has 1 atom stereocenters. The molecule has 1 aliphatic carbocycles. The van der Waals surface area contributed by atoms with Crippen molar-refractivity contribution >= 4 is 17.5 Å². The first-order valence-corrected chi connectivity index (χ1v) is 7.34. The third-order valence-corrected chi connectivity index (χ3v) is 3.95. The Balaban J connectivity index is 1.83. The van der Waals surface area contributed by atoms with E-state index < -0.39 is 11.7 Å². The standard InChI is InChI=1S/C17H15ClFNO/c18-13-8-9-15(19)14(10-13)17(21)20-16(12-6-7-12)11-4-2-1-3-5-11/h1-5,8-10,12,16H,6-7H2,(H,20,21). The molecule has 0 heterocycles. The summed E-state index contributed by atoms with van der Waals surface area (Å²) in [5.41, 5.74) is 1.04. The molecule has 0 aliphatic heterocycles. The van der Waals surface area contributed by atoms with Gasteiger partial charge < -0.3 is 5.32 Å². The second-order valence-electron chi connectivity index (χ2n) is 5.32. The first-order chi connectivity index (χ1) is 10.1. The van der Waals surface area contributed by atoms with Gasteiger partial charge in [-0.1, -0.05) is 41.9 Å². The monoisotopic (exact) mass is 303 g/mol. The highest BCUT2D eigenvalue weighted by Gasteiger charge is 2.33. The number of carbonyl (C=O) groups is 1. The predicted octanol–water partition coefficient (Wildman–Crippen LogP) is 4.36. The molecule has 2 nitrogen and oxygen atoms in total. The van der Waals surface area contributed by atoms with E-state index in [1.165, 1.54) is 18.2 Å². The van der Waals surface area contributed by atoms with Crippen LogP contribution in [0.3, 0.4) is 0 Å². The van der Waals surface area contributed by atoms with E-state index in [0.29, 0.717) is 10.9 Å². The number of benzene rings is 2. The Morgan fingerprint density at radius 3 is 2.57 bits per heavy atom. The zero-order valence-corrected chi connectivity index (χ0v) is 12.1. The smallest absolute Gasteiger partial charge is 0.254 e. The maximum Gasteiger partial charge on any atom is 0.254 e. The normalized spacial score (nSPS) is 15.5. The van der Waals surface area contributed by atoms with Crippen LogP contribution in [0.5, 0.6) is 0 Å². The second kappa shape index (κ2) is 5.86. The van der Waals surface area contributed by atoms with Gasteiger partial charge in [-0.15, -0.1) is 0 Å². The zero-order valence-electron chi connectivity index (χ0n) is 11.4. The lowest BCUT2D eigenvalue weighted by Gasteiger charge is -2.19. The lowest BCUT2D eigenvalue weighted by atomic mass is 10.0. The molecule has 1 unspecified atom stereocenters. The highest BCUT2D eigenvalue weighted by Crippen LogP contribution is 2.41. The molecule has 0 saturated heterocycles. The topological polar surface area (TPSA) is 29.1 Å². The third kappa shape index (κ3) is 3.24. The van der Waals surface area contributed by atoms with Crippen molar-refractivity contribution in [2.75, 3.05) is 0 Å². The molecule has 108 valence electrons. The Hall–Kier alpha value is -1.87. The van der Waals surface area contributed by atoms with Crippen LogP contribution < -0.4 is 5.32 Å². The van der Waals surface area contributed by atoms with Gasteiger partial charge in [0.2, 0.25) is 0 Å². The van der Waals surface area contributed by atoms with E-state index in [4.69, 9.17) is 11.6 Å². The largest absolute Gasteiger partial charge is 0.345 e. The van der Waals surface area contributed by atoms with E-state index in [9.17, 15) is 9.18 Å². The molecule has 0 bridgehead atoms. The van der Waals surface area contributed by atoms with Crippen LogP contribution in [0.25, 0.3) is 0 Å². The van der Waals surface area contributed by atoms with Crippen molar-refractivity contribution in [1.29, 1.82) is 0 Å². The summed E-state index contributed by atoms with van der Waals surface area (Å²) in [5, 5.41) is 3.29. The quantitative estimate of drug-likeness (QED) is 0.893. The van der Waals surface area contributed by atoms with E-state index in [0.717, 1.165) is 18.4 Å². The molecule has 1 saturated carbocycles. The van der Waals surface area contributed by atoms with Crippen LogP contribution in [-0.4, -0.2) is 5.91 Å². The molecule has 2 aromatic carbocycles. The number of hydrogen-bond donors (Lipinski definition) is 1. The summed E-state index contributed by atoms with van der Waals surface area (Å²) < 4.78 is 13.8. The van der Waals surface area contributed by atoms with Gasteiger partial charge in [-0.25, -0.2) is 4.39 Å². The Kier molecular flexibility index (Phi) is 3.93. The van der Waals surface area contributed by atoms with Crippen LogP contribution in [-0.2, 0) is 0 Å². The molecule has 0 radical (unpaired) electrons. The van der Waals surface area contributed by atoms with Crippen molar-refractivity contribution in [1.82, 2.24) is 5.32 Å². The lowest BCUT2D eigenvalue weighted by Crippen LogP contribution is -2.30. The summed E-state index contributed by atoms with van der Waals surface area (Å²) in [4.78, 5) is 12.3. The van der Waals surface area contributed by atoms with Crippen LogP contribution in [0.1, 0.15) is 34.8 Å². The van der Waals surface area contributed by atoms with E-state index in [-0.39, 0.29) is 11.6 Å². The second-order valence-corrected chi connectivity index (χ2v) is 5.76. The van der Waals surface area contributed by atoms with Crippen molar-refractivity contribution in [3.05, 3.63) is 70.5 Å². The highest BCUT2D eigenvalue weighted by molar-refractivity contribution is 6.31. The molecular formula is C17H15ClFNO. The molecule has 1 aliphatic rings. The molecule has 3 rings (SSSR count). The molecular weight excluding hydrogens is 289 g/mol. The van der Waals surface area contributed by atoms with Crippen molar-refractivity contribution in [2.45, 2.75) is 18.9 Å². The summed E-state index contributed by atoms with van der Waals surface area (Å²) in [6, 6.07) is 13.7. The third-order valence-electron chi connectivity index (χ3n) is 3.71. The number of rotatable bonds is 4. The van der Waals surface area contributed by atoms with Crippen LogP contribution in [0.4, 0.5) is 4.39 Å². The summed E-state index contributed by atoms with van der Waals surface area (Å²) in [6.45, 7) is 0. The van der Waals surface area contributed by atoms with Crippen molar-refractivity contribution < 1.29 is 9.18 Å². The molecule has 0 spiro atoms. The maximum absolute atomic E-state index is 13.8. The molecule has 21 heavy (non-hydrogen) atoms. The zero-order chi connectivity index (χ0) is 14.8. The van der Waals surface area contributed by atoms with Gasteiger partial charge >= 0.3 is 0 Å². The fourth-order valence-corrected chi connectivity index (χ4v) is 2.63. The Bertz CT molecular complexity index is 655. The Morgan fingerprint density at radius 2 is 1.90 bits per heavy atom. The number of carbonyl (C=O) groups excluding carboxylic acids is 1. The minimum atomic E-state index is -0.556. The fraction of sp³-hybridized carbons (Fsp3) is 0.235. The number of nitrogens with one attached hydrogen (secondary N) is 1. The predicted molar refractivity (Wildman–Crippen MR) is 80.8 cm³/mol. The minimum absolute atomic E-state index is 0.0101. The molecule has 1 N–H and O–H groups in total. The average Bonchev–Trinajstić information content (AvgIpc) is 3.32. The number of hydrogen-bond acceptors (Lipinski definition) is 1. The van der Waals surface area contributed by atoms with E-state index in [2.05, 4.69) is 5.32 Å². The van der Waals surface area contributed by atoms with Crippen LogP contribution in [0.15, 0.2) is 48.5 Å². The first-order valence-electron chi connectivity index (χ1n) is 6.96. The summed E-state index contributed by atoms with van der Waals surface area (Å²) in [5.74, 6) is -0.547. The van der Waals surface area contributed by atoms with Crippen molar-refractivity contribution in [2.24, 2.45) is 5.92 Å². The lowest BCUT2D eigenvalue weighted by molar-refractivity contribution is 0.0927. The maximum atomic E-state index is 13.8. The number of halogens is 2. The van der Waals surface area contributed by atoms with Crippen LogP contribution in [0, 0.1) is 11.7 Å². The summed E-state index contributed by atoms with van der Waals surface area (Å²) in [7, 11) is 0. The molecule has 0 aromatic heterocycles. The Morgan fingerprint density at radius 1 is 1.19 bits per heavy atom. The summed E-state index contributed by atoms with van der Waals surface area (Å²) in [6.07, 6.45) is 2.16. The van der Waals surface area contributed by atoms with Gasteiger partial charge in [0.1, 0.15) is 5.82 Å². The van der Waals surface area contributed by atoms with Crippen LogP contribution >= 0.6 is 11.6 Å². The fourth-order valence-electron chi connectivity index (χ4n) is 2.45. The van der Waals surface area contributed by atoms with Gasteiger partial charge in [0, 0.05) is 5.02 Å². The Labute approximate surface area is 127 Å². The average molecular weight is 304 g/mol. The first kappa shape index (κ1) is 14.1. The SMILES string of the molecule is O=C(NC(c1ccccc1)C1CC1)c1cc(Cl)ccc1F.